The average molecular weight is 437 g/mol. The number of pyridine rings is 1. The summed E-state index contributed by atoms with van der Waals surface area (Å²) in [5.74, 6) is -0.379. The zero-order valence-corrected chi connectivity index (χ0v) is 18.0. The Labute approximate surface area is 186 Å². The Bertz CT molecular complexity index is 1070. The first kappa shape index (κ1) is 21.0. The van der Waals surface area contributed by atoms with Gasteiger partial charge in [-0.05, 0) is 61.1 Å². The molecule has 2 unspecified atom stereocenters. The van der Waals surface area contributed by atoms with E-state index < -0.39 is 0 Å². The molecule has 4 rings (SSSR count). The number of hydrogen-bond acceptors (Lipinski definition) is 5. The van der Waals surface area contributed by atoms with Crippen molar-refractivity contribution < 1.29 is 14.6 Å². The number of carbonyl (C=O) groups excluding carboxylic acids is 1. The quantitative estimate of drug-likeness (QED) is 0.435. The Kier molecular flexibility index (Phi) is 6.29. The number of benzene rings is 1. The molecule has 0 aliphatic carbocycles. The van der Waals surface area contributed by atoms with Crippen molar-refractivity contribution in [3.05, 3.63) is 83.9 Å². The van der Waals surface area contributed by atoms with E-state index in [0.29, 0.717) is 23.6 Å². The molecule has 0 spiro atoms. The molecule has 1 fully saturated rings. The first-order chi connectivity index (χ1) is 15.1. The number of esters is 1. The summed E-state index contributed by atoms with van der Waals surface area (Å²) in [6, 6.07) is 16.9. The second-order valence-corrected chi connectivity index (χ2v) is 7.63. The van der Waals surface area contributed by atoms with Gasteiger partial charge in [-0.3, -0.25) is 4.98 Å². The van der Waals surface area contributed by atoms with Crippen LogP contribution in [0.1, 0.15) is 40.3 Å². The van der Waals surface area contributed by atoms with Gasteiger partial charge in [0.1, 0.15) is 0 Å². The van der Waals surface area contributed by atoms with Crippen LogP contribution in [0.25, 0.3) is 5.69 Å². The Morgan fingerprint density at radius 1 is 1.23 bits per heavy atom. The summed E-state index contributed by atoms with van der Waals surface area (Å²) in [5, 5.41) is 13.4. The molecule has 1 saturated heterocycles. The lowest BCUT2D eigenvalue weighted by Gasteiger charge is -2.28. The number of rotatable bonds is 7. The lowest BCUT2D eigenvalue weighted by atomic mass is 10.0. The van der Waals surface area contributed by atoms with Gasteiger partial charge in [-0.1, -0.05) is 12.1 Å². The normalized spacial score (nSPS) is 18.1. The van der Waals surface area contributed by atoms with Crippen LogP contribution in [0.15, 0.2) is 67.0 Å². The van der Waals surface area contributed by atoms with E-state index in [4.69, 9.17) is 17.0 Å². The van der Waals surface area contributed by atoms with Gasteiger partial charge < -0.3 is 24.6 Å². The fourth-order valence-electron chi connectivity index (χ4n) is 3.98. The number of aliphatic hydroxyl groups excluding tert-OH is 1. The second-order valence-electron chi connectivity index (χ2n) is 7.24. The monoisotopic (exact) mass is 436 g/mol. The first-order valence-corrected chi connectivity index (χ1v) is 10.5. The highest BCUT2D eigenvalue weighted by molar-refractivity contribution is 7.80. The molecule has 1 aliphatic rings. The van der Waals surface area contributed by atoms with Crippen LogP contribution in [0, 0.1) is 0 Å². The van der Waals surface area contributed by atoms with E-state index in [-0.39, 0.29) is 24.7 Å². The summed E-state index contributed by atoms with van der Waals surface area (Å²) in [4.78, 5) is 18.7. The molecule has 3 aromatic rings. The summed E-state index contributed by atoms with van der Waals surface area (Å²) >= 11 is 5.65. The highest BCUT2D eigenvalue weighted by Gasteiger charge is 2.40. The topological polar surface area (TPSA) is 79.6 Å². The Morgan fingerprint density at radius 3 is 2.84 bits per heavy atom. The number of nitrogens with one attached hydrogen (secondary N) is 1. The molecule has 1 aromatic carbocycles. The lowest BCUT2D eigenvalue weighted by Crippen LogP contribution is -2.31. The zero-order valence-electron chi connectivity index (χ0n) is 17.1. The molecule has 7 nitrogen and oxygen atoms in total. The van der Waals surface area contributed by atoms with E-state index in [1.54, 1.807) is 12.3 Å². The maximum atomic E-state index is 12.0. The van der Waals surface area contributed by atoms with Crippen LogP contribution in [0.5, 0.6) is 0 Å². The molecule has 3 heterocycles. The molecule has 31 heavy (non-hydrogen) atoms. The van der Waals surface area contributed by atoms with Crippen molar-refractivity contribution in [2.75, 3.05) is 20.3 Å². The second kappa shape index (κ2) is 9.28. The van der Waals surface area contributed by atoms with Crippen LogP contribution in [0.4, 0.5) is 0 Å². The van der Waals surface area contributed by atoms with E-state index in [0.717, 1.165) is 17.1 Å². The summed E-state index contributed by atoms with van der Waals surface area (Å²) in [6.45, 7) is 0.700. The Morgan fingerprint density at radius 2 is 2.10 bits per heavy atom. The van der Waals surface area contributed by atoms with Gasteiger partial charge in [-0.2, -0.15) is 0 Å². The van der Waals surface area contributed by atoms with Crippen molar-refractivity contribution in [1.29, 1.82) is 0 Å². The van der Waals surface area contributed by atoms with E-state index >= 15 is 0 Å². The van der Waals surface area contributed by atoms with Gasteiger partial charge in [0.05, 0.1) is 30.5 Å². The Hall–Kier alpha value is -3.23. The molecule has 1 aliphatic heterocycles. The van der Waals surface area contributed by atoms with Gasteiger partial charge >= 0.3 is 5.97 Å². The van der Waals surface area contributed by atoms with E-state index in [2.05, 4.69) is 19.8 Å². The third-order valence-electron chi connectivity index (χ3n) is 5.38. The highest BCUT2D eigenvalue weighted by atomic mass is 32.1. The SMILES string of the molecule is COC(=O)c1cccc(-n2cccc2C2C(c3ccccn3)NC(=S)N2CCCO)c1. The third-order valence-corrected chi connectivity index (χ3v) is 5.74. The minimum Gasteiger partial charge on any atom is -0.465 e. The van der Waals surface area contributed by atoms with Crippen LogP contribution >= 0.6 is 12.2 Å². The molecule has 2 N–H and O–H groups in total. The van der Waals surface area contributed by atoms with Crippen LogP contribution < -0.4 is 5.32 Å². The van der Waals surface area contributed by atoms with Crippen molar-refractivity contribution in [3.8, 4) is 5.69 Å². The predicted molar refractivity (Wildman–Crippen MR) is 121 cm³/mol. The van der Waals surface area contributed by atoms with Crippen molar-refractivity contribution in [3.63, 3.8) is 0 Å². The van der Waals surface area contributed by atoms with Crippen LogP contribution in [0.3, 0.4) is 0 Å². The minimum absolute atomic E-state index is 0.0856. The molecule has 2 atom stereocenters. The van der Waals surface area contributed by atoms with Crippen molar-refractivity contribution in [2.24, 2.45) is 0 Å². The Balaban J connectivity index is 1.78. The van der Waals surface area contributed by atoms with E-state index in [1.807, 2.05) is 54.7 Å². The van der Waals surface area contributed by atoms with Gasteiger partial charge in [0.25, 0.3) is 0 Å². The van der Waals surface area contributed by atoms with Crippen LogP contribution in [-0.2, 0) is 4.74 Å². The molecular weight excluding hydrogens is 412 g/mol. The molecule has 160 valence electrons. The fourth-order valence-corrected chi connectivity index (χ4v) is 4.31. The molecular formula is C23H24N4O3S. The summed E-state index contributed by atoms with van der Waals surface area (Å²) in [7, 11) is 1.37. The predicted octanol–water partition coefficient (Wildman–Crippen LogP) is 3.01. The number of ether oxygens (including phenoxy) is 1. The molecule has 8 heteroatoms. The number of hydrogen-bond donors (Lipinski definition) is 2. The average Bonchev–Trinajstić information content (AvgIpc) is 3.42. The third kappa shape index (κ3) is 4.17. The van der Waals surface area contributed by atoms with Gasteiger partial charge in [-0.15, -0.1) is 0 Å². The first-order valence-electron chi connectivity index (χ1n) is 10.1. The maximum absolute atomic E-state index is 12.0. The van der Waals surface area contributed by atoms with Gasteiger partial charge in [0.2, 0.25) is 0 Å². The van der Waals surface area contributed by atoms with Crippen molar-refractivity contribution >= 4 is 23.3 Å². The molecule has 2 aromatic heterocycles. The fraction of sp³-hybridized carbons (Fsp3) is 0.261. The highest BCUT2D eigenvalue weighted by Crippen LogP contribution is 2.39. The number of carbonyl (C=O) groups is 1. The van der Waals surface area contributed by atoms with Crippen molar-refractivity contribution in [2.45, 2.75) is 18.5 Å². The molecule has 0 bridgehead atoms. The standard InChI is InChI=1S/C23H24N4O3S/c1-30-22(29)16-7-4-8-17(15-16)26-12-5-10-19(26)21-20(18-9-2-3-11-24-18)25-23(31)27(21)13-6-14-28/h2-5,7-12,15,20-21,28H,6,13-14H2,1H3,(H,25,31). The smallest absolute Gasteiger partial charge is 0.337 e. The van der Waals surface area contributed by atoms with Crippen molar-refractivity contribution in [1.82, 2.24) is 19.8 Å². The lowest BCUT2D eigenvalue weighted by molar-refractivity contribution is 0.0600. The maximum Gasteiger partial charge on any atom is 0.337 e. The van der Waals surface area contributed by atoms with Crippen LogP contribution in [-0.4, -0.2) is 50.9 Å². The molecule has 0 saturated carbocycles. The summed E-state index contributed by atoms with van der Waals surface area (Å²) < 4.78 is 6.92. The minimum atomic E-state index is -0.379. The zero-order chi connectivity index (χ0) is 21.8. The van der Waals surface area contributed by atoms with Gasteiger partial charge in [0, 0.05) is 36.9 Å². The van der Waals surface area contributed by atoms with E-state index in [1.165, 1.54) is 7.11 Å². The van der Waals surface area contributed by atoms with Gasteiger partial charge in [-0.25, -0.2) is 4.79 Å². The summed E-state index contributed by atoms with van der Waals surface area (Å²) in [6.07, 6.45) is 4.34. The largest absolute Gasteiger partial charge is 0.465 e. The number of aromatic nitrogens is 2. The van der Waals surface area contributed by atoms with Gasteiger partial charge in [0.15, 0.2) is 5.11 Å². The number of methoxy groups -OCH3 is 1. The van der Waals surface area contributed by atoms with E-state index in [9.17, 15) is 9.90 Å². The molecule has 0 amide bonds. The number of thiocarbonyl (C=S) groups is 1. The number of nitrogens with zero attached hydrogens (tertiary/aromatic N) is 3. The van der Waals surface area contributed by atoms with Crippen LogP contribution in [0.2, 0.25) is 0 Å². The number of aliphatic hydroxyl groups is 1. The molecule has 0 radical (unpaired) electrons. The summed E-state index contributed by atoms with van der Waals surface area (Å²) in [5.41, 5.74) is 3.22.